The van der Waals surface area contributed by atoms with Crippen LogP contribution in [0.1, 0.15) is 11.4 Å². The lowest BCUT2D eigenvalue weighted by Gasteiger charge is -2.16. The van der Waals surface area contributed by atoms with E-state index in [1.807, 2.05) is 6.07 Å². The minimum atomic E-state index is -1.12. The quantitative estimate of drug-likeness (QED) is 0.520. The first-order valence-electron chi connectivity index (χ1n) is 4.98. The summed E-state index contributed by atoms with van der Waals surface area (Å²) in [6.07, 6.45) is 0. The van der Waals surface area contributed by atoms with Gasteiger partial charge in [0.1, 0.15) is 10.6 Å². The highest BCUT2D eigenvalue weighted by Crippen LogP contribution is 2.03. The molecule has 0 spiro atoms. The van der Waals surface area contributed by atoms with E-state index >= 15 is 0 Å². The van der Waals surface area contributed by atoms with E-state index < -0.39 is 5.97 Å². The Balaban J connectivity index is 2.64. The van der Waals surface area contributed by atoms with Crippen molar-refractivity contribution in [3.05, 3.63) is 29.6 Å². The van der Waals surface area contributed by atoms with Gasteiger partial charge in [-0.2, -0.15) is 0 Å². The van der Waals surface area contributed by atoms with Crippen LogP contribution < -0.4 is 10.0 Å². The van der Waals surface area contributed by atoms with Gasteiger partial charge in [-0.25, -0.2) is 0 Å². The predicted octanol–water partition coefficient (Wildman–Crippen LogP) is -0.686. The average molecular weight is 235 g/mol. The largest absolute Gasteiger partial charge is 0.549 e. The third kappa shape index (κ3) is 4.96. The highest BCUT2D eigenvalue weighted by atomic mass is 16.4. The SMILES string of the molecule is CN(CC(=O)[O-])Cc1cccc(CN=[N+]=N)n1. The van der Waals surface area contributed by atoms with E-state index in [1.54, 1.807) is 24.1 Å². The maximum absolute atomic E-state index is 10.4. The molecule has 1 aromatic rings. The predicted molar refractivity (Wildman–Crippen MR) is 56.6 cm³/mol. The van der Waals surface area contributed by atoms with Crippen molar-refractivity contribution in [1.82, 2.24) is 14.8 Å². The number of likely N-dealkylation sites (N-methyl/N-ethyl adjacent to an activating group) is 1. The van der Waals surface area contributed by atoms with Crippen LogP contribution in [0.15, 0.2) is 23.3 Å². The number of nitrogens with one attached hydrogen (secondary N) is 1. The zero-order valence-electron chi connectivity index (χ0n) is 9.46. The Morgan fingerprint density at radius 2 is 2.29 bits per heavy atom. The van der Waals surface area contributed by atoms with Gasteiger partial charge in [-0.1, -0.05) is 6.07 Å². The van der Waals surface area contributed by atoms with Crippen molar-refractivity contribution in [3.63, 3.8) is 0 Å². The number of carbonyl (C=O) groups excluding carboxylic acids is 1. The molecule has 17 heavy (non-hydrogen) atoms. The molecule has 7 heteroatoms. The lowest BCUT2D eigenvalue weighted by molar-refractivity contribution is -0.306. The Bertz CT molecular complexity index is 442. The van der Waals surface area contributed by atoms with Crippen LogP contribution in [0.5, 0.6) is 0 Å². The summed E-state index contributed by atoms with van der Waals surface area (Å²) in [4.78, 5) is 19.1. The van der Waals surface area contributed by atoms with Gasteiger partial charge in [0.25, 0.3) is 0 Å². The van der Waals surface area contributed by atoms with Crippen LogP contribution in [-0.4, -0.2) is 29.4 Å². The molecule has 90 valence electrons. The molecule has 0 radical (unpaired) electrons. The number of carboxylic acid groups (broad SMARTS) is 1. The number of pyridine rings is 1. The number of aromatic nitrogens is 1. The standard InChI is InChI=1S/C10H13N5O2/c1-15(7-10(16)17)6-9-4-2-3-8(13-9)5-12-14-11/h2-4,11H,5-7H2,1H3. The lowest BCUT2D eigenvalue weighted by Crippen LogP contribution is -2.35. The second-order valence-corrected chi connectivity index (χ2v) is 3.56. The van der Waals surface area contributed by atoms with Crippen molar-refractivity contribution in [2.75, 3.05) is 13.6 Å². The van der Waals surface area contributed by atoms with E-state index in [1.165, 1.54) is 0 Å². The second-order valence-electron chi connectivity index (χ2n) is 3.56. The van der Waals surface area contributed by atoms with E-state index in [-0.39, 0.29) is 13.1 Å². The smallest absolute Gasteiger partial charge is 0.214 e. The van der Waals surface area contributed by atoms with Crippen molar-refractivity contribution in [2.45, 2.75) is 13.1 Å². The van der Waals surface area contributed by atoms with Crippen molar-refractivity contribution < 1.29 is 9.90 Å². The Hall–Kier alpha value is -2.11. The van der Waals surface area contributed by atoms with Crippen LogP contribution >= 0.6 is 0 Å². The Morgan fingerprint density at radius 3 is 2.94 bits per heavy atom. The monoisotopic (exact) mass is 235 g/mol. The van der Waals surface area contributed by atoms with Crippen molar-refractivity contribution in [1.29, 1.82) is 5.53 Å². The molecule has 0 saturated heterocycles. The third-order valence-electron chi connectivity index (χ3n) is 2.00. The van der Waals surface area contributed by atoms with Crippen LogP contribution in [0.3, 0.4) is 0 Å². The minimum absolute atomic E-state index is 0.141. The molecule has 0 fully saturated rings. The van der Waals surface area contributed by atoms with Crippen molar-refractivity contribution in [2.24, 2.45) is 5.11 Å². The highest BCUT2D eigenvalue weighted by Gasteiger charge is 2.03. The Morgan fingerprint density at radius 1 is 1.59 bits per heavy atom. The zero-order chi connectivity index (χ0) is 12.7. The van der Waals surface area contributed by atoms with Gasteiger partial charge in [-0.15, -0.1) is 0 Å². The normalized spacial score (nSPS) is 10.0. The van der Waals surface area contributed by atoms with Gasteiger partial charge in [0.05, 0.1) is 17.4 Å². The van der Waals surface area contributed by atoms with Gasteiger partial charge < -0.3 is 9.90 Å². The lowest BCUT2D eigenvalue weighted by atomic mass is 10.3. The first kappa shape index (κ1) is 13.0. The third-order valence-corrected chi connectivity index (χ3v) is 2.00. The molecule has 0 aromatic carbocycles. The fourth-order valence-electron chi connectivity index (χ4n) is 1.37. The fraction of sp³-hybridized carbons (Fsp3) is 0.400. The molecule has 0 amide bonds. The van der Waals surface area contributed by atoms with E-state index in [2.05, 4.69) is 15.0 Å². The van der Waals surface area contributed by atoms with E-state index in [0.29, 0.717) is 12.2 Å². The number of rotatable bonds is 6. The average Bonchev–Trinajstić information content (AvgIpc) is 2.25. The maximum Gasteiger partial charge on any atom is 0.214 e. The van der Waals surface area contributed by atoms with Crippen molar-refractivity contribution >= 4 is 5.97 Å². The Labute approximate surface area is 98.3 Å². The molecule has 1 rings (SSSR count). The summed E-state index contributed by atoms with van der Waals surface area (Å²) in [6.45, 7) is 0.527. The number of aliphatic carboxylic acids is 1. The molecule has 1 heterocycles. The fourth-order valence-corrected chi connectivity index (χ4v) is 1.37. The molecule has 0 saturated carbocycles. The van der Waals surface area contributed by atoms with Crippen LogP contribution in [-0.2, 0) is 17.9 Å². The molecular weight excluding hydrogens is 222 g/mol. The molecule has 0 bridgehead atoms. The molecular formula is C10H13N5O2. The summed E-state index contributed by atoms with van der Waals surface area (Å²) in [7, 11) is 1.67. The van der Waals surface area contributed by atoms with Crippen LogP contribution in [0.25, 0.3) is 0 Å². The number of nitrogens with zero attached hydrogens (tertiary/aromatic N) is 4. The van der Waals surface area contributed by atoms with Gasteiger partial charge >= 0.3 is 0 Å². The summed E-state index contributed by atoms with van der Waals surface area (Å²) >= 11 is 0. The van der Waals surface area contributed by atoms with Gasteiger partial charge in [0.15, 0.2) is 6.54 Å². The molecule has 0 atom stereocenters. The first-order chi connectivity index (χ1) is 8.11. The zero-order valence-corrected chi connectivity index (χ0v) is 9.46. The molecule has 7 nitrogen and oxygen atoms in total. The highest BCUT2D eigenvalue weighted by molar-refractivity contribution is 5.66. The van der Waals surface area contributed by atoms with Crippen LogP contribution in [0.2, 0.25) is 0 Å². The van der Waals surface area contributed by atoms with E-state index in [0.717, 1.165) is 5.69 Å². The number of hydrogen-bond donors (Lipinski definition) is 1. The van der Waals surface area contributed by atoms with Crippen molar-refractivity contribution in [3.8, 4) is 0 Å². The van der Waals surface area contributed by atoms with Crippen LogP contribution in [0.4, 0.5) is 0 Å². The summed E-state index contributed by atoms with van der Waals surface area (Å²) in [5, 5.41) is 13.9. The van der Waals surface area contributed by atoms with Crippen LogP contribution in [0, 0.1) is 5.53 Å². The second kappa shape index (κ2) is 6.47. The van der Waals surface area contributed by atoms with Gasteiger partial charge in [0.2, 0.25) is 4.91 Å². The molecule has 1 aromatic heterocycles. The Kier molecular flexibility index (Phi) is 4.93. The topological polar surface area (TPSA) is 107 Å². The van der Waals surface area contributed by atoms with Gasteiger partial charge in [0, 0.05) is 13.1 Å². The number of carbonyl (C=O) groups is 1. The number of carboxylic acids is 1. The van der Waals surface area contributed by atoms with Gasteiger partial charge in [-0.3, -0.25) is 9.88 Å². The number of hydrogen-bond acceptors (Lipinski definition) is 6. The summed E-state index contributed by atoms with van der Waals surface area (Å²) in [5.74, 6) is -1.12. The summed E-state index contributed by atoms with van der Waals surface area (Å²) in [6, 6.07) is 5.38. The molecule has 1 N–H and O–H groups in total. The molecule has 0 aliphatic carbocycles. The van der Waals surface area contributed by atoms with Gasteiger partial charge in [-0.05, 0) is 19.2 Å². The summed E-state index contributed by atoms with van der Waals surface area (Å²) in [5.41, 5.74) is 7.98. The molecule has 0 aliphatic heterocycles. The molecule has 0 aliphatic rings. The molecule has 0 unspecified atom stereocenters. The first-order valence-corrected chi connectivity index (χ1v) is 4.98. The van der Waals surface area contributed by atoms with E-state index in [9.17, 15) is 9.90 Å². The van der Waals surface area contributed by atoms with E-state index in [4.69, 9.17) is 5.53 Å². The summed E-state index contributed by atoms with van der Waals surface area (Å²) < 4.78 is 0. The maximum atomic E-state index is 10.4. The minimum Gasteiger partial charge on any atom is -0.549 e.